The van der Waals surface area contributed by atoms with Gasteiger partial charge in [-0.2, -0.15) is 5.26 Å². The van der Waals surface area contributed by atoms with Crippen molar-refractivity contribution in [1.82, 2.24) is 4.90 Å². The summed E-state index contributed by atoms with van der Waals surface area (Å²) in [4.78, 5) is 13.2. The first kappa shape index (κ1) is 10.5. The predicted octanol–water partition coefficient (Wildman–Crippen LogP) is 1.79. The first-order valence-electron chi connectivity index (χ1n) is 5.87. The zero-order valence-electron chi connectivity index (χ0n) is 9.28. The Morgan fingerprint density at radius 2 is 2.13 bits per heavy atom. The Morgan fingerprint density at radius 3 is 2.67 bits per heavy atom. The maximum atomic E-state index is 11.3. The minimum atomic E-state index is 0.159. The van der Waals surface area contributed by atoms with Crippen molar-refractivity contribution >= 4 is 5.91 Å². The zero-order valence-corrected chi connectivity index (χ0v) is 9.28. The van der Waals surface area contributed by atoms with Gasteiger partial charge in [0.1, 0.15) is 0 Å². The lowest BCUT2D eigenvalue weighted by molar-refractivity contribution is -0.130. The van der Waals surface area contributed by atoms with Crippen molar-refractivity contribution in [2.45, 2.75) is 32.6 Å². The monoisotopic (exact) mass is 206 g/mol. The highest BCUT2D eigenvalue weighted by atomic mass is 16.2. The normalized spacial score (nSPS) is 28.3. The molecule has 2 aliphatic rings. The highest BCUT2D eigenvalue weighted by molar-refractivity contribution is 5.73. The van der Waals surface area contributed by atoms with Crippen LogP contribution >= 0.6 is 0 Å². The van der Waals surface area contributed by atoms with Crippen molar-refractivity contribution in [3.8, 4) is 6.07 Å². The molecule has 0 aromatic carbocycles. The van der Waals surface area contributed by atoms with Crippen molar-refractivity contribution in [2.75, 3.05) is 13.1 Å². The molecule has 0 bridgehead atoms. The van der Waals surface area contributed by atoms with Crippen molar-refractivity contribution in [2.24, 2.45) is 17.8 Å². The van der Waals surface area contributed by atoms with Crippen LogP contribution < -0.4 is 0 Å². The Labute approximate surface area is 91.1 Å². The van der Waals surface area contributed by atoms with Gasteiger partial charge in [-0.1, -0.05) is 0 Å². The van der Waals surface area contributed by atoms with Crippen molar-refractivity contribution < 1.29 is 4.79 Å². The van der Waals surface area contributed by atoms with E-state index in [1.165, 1.54) is 12.8 Å². The minimum Gasteiger partial charge on any atom is -0.343 e. The summed E-state index contributed by atoms with van der Waals surface area (Å²) in [5.41, 5.74) is 0. The van der Waals surface area contributed by atoms with Gasteiger partial charge in [0.05, 0.1) is 12.0 Å². The Kier molecular flexibility index (Phi) is 2.95. The third kappa shape index (κ3) is 2.31. The van der Waals surface area contributed by atoms with E-state index in [4.69, 9.17) is 5.26 Å². The number of hydrogen-bond acceptors (Lipinski definition) is 2. The number of rotatable bonds is 2. The van der Waals surface area contributed by atoms with Crippen LogP contribution in [0.5, 0.6) is 0 Å². The van der Waals surface area contributed by atoms with Gasteiger partial charge < -0.3 is 4.90 Å². The van der Waals surface area contributed by atoms with Crippen LogP contribution in [0, 0.1) is 29.1 Å². The summed E-state index contributed by atoms with van der Waals surface area (Å²) in [6.45, 7) is 3.32. The number of hydrogen-bond donors (Lipinski definition) is 0. The van der Waals surface area contributed by atoms with E-state index in [2.05, 4.69) is 6.07 Å². The van der Waals surface area contributed by atoms with Crippen LogP contribution in [0.2, 0.25) is 0 Å². The Hall–Kier alpha value is -1.04. The molecule has 15 heavy (non-hydrogen) atoms. The first-order chi connectivity index (χ1) is 7.22. The van der Waals surface area contributed by atoms with E-state index in [0.717, 1.165) is 25.9 Å². The second kappa shape index (κ2) is 4.22. The third-order valence-electron chi connectivity index (χ3n) is 3.69. The molecular weight excluding hydrogens is 188 g/mol. The van der Waals surface area contributed by atoms with Crippen LogP contribution in [-0.4, -0.2) is 23.9 Å². The van der Waals surface area contributed by atoms with E-state index in [1.807, 2.05) is 4.90 Å². The molecule has 1 saturated heterocycles. The molecule has 0 aromatic heterocycles. The molecule has 3 heteroatoms. The van der Waals surface area contributed by atoms with Crippen LogP contribution in [0.4, 0.5) is 0 Å². The molecule has 0 radical (unpaired) electrons. The molecular formula is C12H18N2O. The summed E-state index contributed by atoms with van der Waals surface area (Å²) < 4.78 is 0. The number of nitrogens with zero attached hydrogens (tertiary/aromatic N) is 2. The number of nitriles is 1. The third-order valence-corrected chi connectivity index (χ3v) is 3.69. The molecule has 1 aliphatic heterocycles. The van der Waals surface area contributed by atoms with E-state index in [1.54, 1.807) is 6.92 Å². The molecule has 0 N–H and O–H groups in total. The van der Waals surface area contributed by atoms with Crippen LogP contribution in [0.1, 0.15) is 32.6 Å². The fourth-order valence-electron chi connectivity index (χ4n) is 2.64. The van der Waals surface area contributed by atoms with Crippen molar-refractivity contribution in [3.05, 3.63) is 0 Å². The number of piperidine rings is 1. The fraction of sp³-hybridized carbons (Fsp3) is 0.833. The van der Waals surface area contributed by atoms with Gasteiger partial charge in [-0.25, -0.2) is 0 Å². The minimum absolute atomic E-state index is 0.159. The summed E-state index contributed by atoms with van der Waals surface area (Å²) in [6, 6.07) is 2.46. The van der Waals surface area contributed by atoms with E-state index < -0.39 is 0 Å². The number of carbonyl (C=O) groups excluding carboxylic acids is 1. The molecule has 2 rings (SSSR count). The molecule has 82 valence electrons. The quantitative estimate of drug-likeness (QED) is 0.691. The maximum absolute atomic E-state index is 11.3. The SMILES string of the molecule is CC(=O)N1CCCC(C(C#N)C2CC2)C1. The molecule has 1 amide bonds. The highest BCUT2D eigenvalue weighted by Gasteiger charge is 2.38. The summed E-state index contributed by atoms with van der Waals surface area (Å²) in [5.74, 6) is 1.42. The van der Waals surface area contributed by atoms with Crippen LogP contribution in [0.3, 0.4) is 0 Å². The smallest absolute Gasteiger partial charge is 0.219 e. The van der Waals surface area contributed by atoms with E-state index in [-0.39, 0.29) is 11.8 Å². The van der Waals surface area contributed by atoms with Crippen LogP contribution in [0.25, 0.3) is 0 Å². The standard InChI is InChI=1S/C12H18N2O/c1-9(15)14-6-2-3-11(8-14)12(7-13)10-4-5-10/h10-12H,2-6,8H2,1H3. The van der Waals surface area contributed by atoms with Gasteiger partial charge in [0.25, 0.3) is 0 Å². The second-order valence-corrected chi connectivity index (χ2v) is 4.86. The number of carbonyl (C=O) groups is 1. The Morgan fingerprint density at radius 1 is 1.40 bits per heavy atom. The van der Waals surface area contributed by atoms with Crippen molar-refractivity contribution in [1.29, 1.82) is 5.26 Å². The summed E-state index contributed by atoms with van der Waals surface area (Å²) in [6.07, 6.45) is 4.62. The number of likely N-dealkylation sites (tertiary alicyclic amines) is 1. The molecule has 0 aromatic rings. The molecule has 1 aliphatic carbocycles. The first-order valence-corrected chi connectivity index (χ1v) is 5.87. The summed E-state index contributed by atoms with van der Waals surface area (Å²) in [5, 5.41) is 9.16. The van der Waals surface area contributed by atoms with Gasteiger partial charge in [-0.05, 0) is 37.5 Å². The molecule has 2 atom stereocenters. The number of amides is 1. The van der Waals surface area contributed by atoms with Crippen molar-refractivity contribution in [3.63, 3.8) is 0 Å². The average Bonchev–Trinajstić information content (AvgIpc) is 3.04. The van der Waals surface area contributed by atoms with Gasteiger partial charge in [0.2, 0.25) is 5.91 Å². The highest BCUT2D eigenvalue weighted by Crippen LogP contribution is 2.42. The zero-order chi connectivity index (χ0) is 10.8. The van der Waals surface area contributed by atoms with Gasteiger partial charge in [-0.15, -0.1) is 0 Å². The van der Waals surface area contributed by atoms with Crippen LogP contribution in [0.15, 0.2) is 0 Å². The fourth-order valence-corrected chi connectivity index (χ4v) is 2.64. The molecule has 3 nitrogen and oxygen atoms in total. The summed E-state index contributed by atoms with van der Waals surface area (Å²) in [7, 11) is 0. The molecule has 2 unspecified atom stereocenters. The van der Waals surface area contributed by atoms with E-state index in [9.17, 15) is 4.79 Å². The predicted molar refractivity (Wildman–Crippen MR) is 56.8 cm³/mol. The lowest BCUT2D eigenvalue weighted by atomic mass is 9.83. The Bertz CT molecular complexity index is 290. The lowest BCUT2D eigenvalue weighted by Crippen LogP contribution is -2.41. The lowest BCUT2D eigenvalue weighted by Gasteiger charge is -2.34. The maximum Gasteiger partial charge on any atom is 0.219 e. The Balaban J connectivity index is 1.96. The molecule has 0 spiro atoms. The second-order valence-electron chi connectivity index (χ2n) is 4.86. The average molecular weight is 206 g/mol. The summed E-state index contributed by atoms with van der Waals surface area (Å²) >= 11 is 0. The molecule has 1 saturated carbocycles. The van der Waals surface area contributed by atoms with Gasteiger partial charge in [-0.3, -0.25) is 4.79 Å². The van der Waals surface area contributed by atoms with Gasteiger partial charge in [0, 0.05) is 20.0 Å². The molecule has 1 heterocycles. The van der Waals surface area contributed by atoms with Gasteiger partial charge >= 0.3 is 0 Å². The topological polar surface area (TPSA) is 44.1 Å². The molecule has 2 fully saturated rings. The van der Waals surface area contributed by atoms with Crippen LogP contribution in [-0.2, 0) is 4.79 Å². The van der Waals surface area contributed by atoms with Gasteiger partial charge in [0.15, 0.2) is 0 Å². The van der Waals surface area contributed by atoms with E-state index in [0.29, 0.717) is 11.8 Å². The largest absolute Gasteiger partial charge is 0.343 e. The van der Waals surface area contributed by atoms with E-state index >= 15 is 0 Å².